The lowest BCUT2D eigenvalue weighted by Gasteiger charge is -2.31. The smallest absolute Gasteiger partial charge is 0.324 e. The van der Waals surface area contributed by atoms with Crippen LogP contribution in [-0.2, 0) is 20.7 Å². The van der Waals surface area contributed by atoms with Gasteiger partial charge >= 0.3 is 5.97 Å². The lowest BCUT2D eigenvalue weighted by molar-refractivity contribution is -0.159. The standard InChI is InChI=1S/C24H30ClNO4/c1-18-23(30-20-13-6-3-7-14-20)22(16-8-15-21(26-25)24(27)29-18)28-17-9-12-19-10-4-2-5-11-19/h2-7,10-11,13-14,18,21-23,26H,8-9,12,15-17H2,1H3/t18-,21-,22-,23-/m0/s1. The molecule has 1 fully saturated rings. The van der Waals surface area contributed by atoms with Crippen LogP contribution >= 0.6 is 11.8 Å². The lowest BCUT2D eigenvalue weighted by atomic mass is 10.0. The predicted octanol–water partition coefficient (Wildman–Crippen LogP) is 4.68. The molecule has 5 nitrogen and oxygen atoms in total. The number of rotatable bonds is 8. The van der Waals surface area contributed by atoms with Crippen molar-refractivity contribution in [1.29, 1.82) is 0 Å². The van der Waals surface area contributed by atoms with Crippen LogP contribution in [-0.4, -0.2) is 36.9 Å². The highest BCUT2D eigenvalue weighted by Crippen LogP contribution is 2.24. The van der Waals surface area contributed by atoms with E-state index in [4.69, 9.17) is 26.0 Å². The molecule has 2 aromatic rings. The first-order chi connectivity index (χ1) is 14.7. The Kier molecular flexibility index (Phi) is 9.00. The number of hydrogen-bond acceptors (Lipinski definition) is 5. The van der Waals surface area contributed by atoms with Gasteiger partial charge in [-0.2, -0.15) is 0 Å². The highest BCUT2D eigenvalue weighted by molar-refractivity contribution is 6.14. The molecule has 1 N–H and O–H groups in total. The topological polar surface area (TPSA) is 56.8 Å². The van der Waals surface area contributed by atoms with Crippen LogP contribution in [0, 0.1) is 0 Å². The molecule has 2 aromatic carbocycles. The van der Waals surface area contributed by atoms with Crippen LogP contribution in [0.4, 0.5) is 0 Å². The van der Waals surface area contributed by atoms with Crippen molar-refractivity contribution >= 4 is 17.7 Å². The van der Waals surface area contributed by atoms with Gasteiger partial charge in [-0.1, -0.05) is 48.5 Å². The third-order valence-corrected chi connectivity index (χ3v) is 5.59. The number of benzene rings is 2. The van der Waals surface area contributed by atoms with Crippen LogP contribution in [0.5, 0.6) is 5.75 Å². The monoisotopic (exact) mass is 431 g/mol. The van der Waals surface area contributed by atoms with Crippen LogP contribution in [0.1, 0.15) is 38.2 Å². The van der Waals surface area contributed by atoms with Gasteiger partial charge in [0.05, 0.1) is 6.10 Å². The van der Waals surface area contributed by atoms with Crippen molar-refractivity contribution in [2.45, 2.75) is 63.4 Å². The fraction of sp³-hybridized carbons (Fsp3) is 0.458. The first-order valence-corrected chi connectivity index (χ1v) is 11.0. The van der Waals surface area contributed by atoms with Crippen molar-refractivity contribution in [3.8, 4) is 5.75 Å². The number of para-hydroxylation sites is 1. The maximum absolute atomic E-state index is 12.4. The minimum absolute atomic E-state index is 0.183. The number of hydrogen-bond donors (Lipinski definition) is 1. The van der Waals surface area contributed by atoms with E-state index < -0.39 is 18.2 Å². The number of cyclic esters (lactones) is 1. The molecular weight excluding hydrogens is 402 g/mol. The number of carbonyl (C=O) groups is 1. The van der Waals surface area contributed by atoms with Crippen molar-refractivity contribution in [3.05, 3.63) is 66.2 Å². The highest BCUT2D eigenvalue weighted by Gasteiger charge is 2.35. The molecular formula is C24H30ClNO4. The highest BCUT2D eigenvalue weighted by atomic mass is 35.5. The maximum atomic E-state index is 12.4. The minimum Gasteiger partial charge on any atom is -0.484 e. The van der Waals surface area contributed by atoms with Crippen LogP contribution < -0.4 is 9.57 Å². The molecule has 6 heteroatoms. The van der Waals surface area contributed by atoms with E-state index in [0.29, 0.717) is 13.0 Å². The van der Waals surface area contributed by atoms with Crippen molar-refractivity contribution in [3.63, 3.8) is 0 Å². The Balaban J connectivity index is 1.67. The van der Waals surface area contributed by atoms with Gasteiger partial charge in [0.25, 0.3) is 0 Å². The molecule has 0 saturated carbocycles. The quantitative estimate of drug-likeness (QED) is 0.373. The number of aryl methyl sites for hydroxylation is 1. The van der Waals surface area contributed by atoms with E-state index in [2.05, 4.69) is 29.1 Å². The summed E-state index contributed by atoms with van der Waals surface area (Å²) in [6.45, 7) is 2.47. The normalized spacial score (nSPS) is 24.9. The summed E-state index contributed by atoms with van der Waals surface area (Å²) in [6, 6.07) is 19.4. The summed E-state index contributed by atoms with van der Waals surface area (Å²) < 4.78 is 18.2. The summed E-state index contributed by atoms with van der Waals surface area (Å²) in [6.07, 6.45) is 2.96. The molecule has 1 aliphatic rings. The lowest BCUT2D eigenvalue weighted by Crippen LogP contribution is -2.45. The zero-order valence-corrected chi connectivity index (χ0v) is 18.1. The predicted molar refractivity (Wildman–Crippen MR) is 118 cm³/mol. The Hall–Kier alpha value is -2.08. The molecule has 30 heavy (non-hydrogen) atoms. The van der Waals surface area contributed by atoms with Crippen molar-refractivity contribution in [2.24, 2.45) is 0 Å². The van der Waals surface area contributed by atoms with Gasteiger partial charge in [0.15, 0.2) is 6.10 Å². The van der Waals surface area contributed by atoms with E-state index in [9.17, 15) is 4.79 Å². The average molecular weight is 432 g/mol. The van der Waals surface area contributed by atoms with E-state index in [0.717, 1.165) is 31.4 Å². The summed E-state index contributed by atoms with van der Waals surface area (Å²) >= 11 is 5.75. The van der Waals surface area contributed by atoms with Gasteiger partial charge in [-0.15, -0.1) is 0 Å². The number of ether oxygens (including phenoxy) is 3. The Bertz CT molecular complexity index is 758. The van der Waals surface area contributed by atoms with Crippen LogP contribution in [0.25, 0.3) is 0 Å². The SMILES string of the molecule is C[C@@H]1OC(=O)[C@@H](NCl)CCC[C@H](OCCCc2ccccc2)[C@H]1Oc1ccccc1. The Morgan fingerprint density at radius 2 is 1.77 bits per heavy atom. The van der Waals surface area contributed by atoms with Gasteiger partial charge in [-0.25, -0.2) is 4.84 Å². The average Bonchev–Trinajstić information content (AvgIpc) is 2.82. The van der Waals surface area contributed by atoms with Crippen molar-refractivity contribution in [1.82, 2.24) is 4.84 Å². The maximum Gasteiger partial charge on any atom is 0.324 e. The van der Waals surface area contributed by atoms with Crippen LogP contribution in [0.15, 0.2) is 60.7 Å². The number of nitrogens with one attached hydrogen (secondary N) is 1. The molecule has 0 aromatic heterocycles. The van der Waals surface area contributed by atoms with Crippen molar-refractivity contribution < 1.29 is 19.0 Å². The molecule has 0 radical (unpaired) electrons. The van der Waals surface area contributed by atoms with Crippen molar-refractivity contribution in [2.75, 3.05) is 6.61 Å². The Labute approximate surface area is 183 Å². The molecule has 1 saturated heterocycles. The fourth-order valence-corrected chi connectivity index (χ4v) is 3.90. The number of halogens is 1. The zero-order valence-electron chi connectivity index (χ0n) is 17.3. The molecule has 1 heterocycles. The van der Waals surface area contributed by atoms with Gasteiger partial charge < -0.3 is 14.2 Å². The Morgan fingerprint density at radius 1 is 1.07 bits per heavy atom. The molecule has 1 aliphatic heterocycles. The summed E-state index contributed by atoms with van der Waals surface area (Å²) in [5, 5.41) is 0. The zero-order chi connectivity index (χ0) is 21.2. The second-order valence-electron chi connectivity index (χ2n) is 7.63. The molecule has 162 valence electrons. The van der Waals surface area contributed by atoms with Gasteiger partial charge in [0.2, 0.25) is 0 Å². The van der Waals surface area contributed by atoms with E-state index >= 15 is 0 Å². The van der Waals surface area contributed by atoms with Crippen LogP contribution in [0.3, 0.4) is 0 Å². The molecule has 0 aliphatic carbocycles. The third kappa shape index (κ3) is 6.73. The molecule has 4 atom stereocenters. The van der Waals surface area contributed by atoms with Gasteiger partial charge in [-0.3, -0.25) is 4.79 Å². The summed E-state index contributed by atoms with van der Waals surface area (Å²) in [7, 11) is 0. The first kappa shape index (κ1) is 22.6. The van der Waals surface area contributed by atoms with E-state index in [1.807, 2.05) is 43.3 Å². The molecule has 0 amide bonds. The van der Waals surface area contributed by atoms with E-state index in [1.54, 1.807) is 0 Å². The molecule has 0 spiro atoms. The van der Waals surface area contributed by atoms with Crippen LogP contribution in [0.2, 0.25) is 0 Å². The largest absolute Gasteiger partial charge is 0.484 e. The fourth-order valence-electron chi connectivity index (χ4n) is 3.70. The molecule has 0 unspecified atom stereocenters. The molecule has 3 rings (SSSR count). The first-order valence-electron chi connectivity index (χ1n) is 10.6. The van der Waals surface area contributed by atoms with Gasteiger partial charge in [0, 0.05) is 6.61 Å². The number of carbonyl (C=O) groups excluding carboxylic acids is 1. The van der Waals surface area contributed by atoms with E-state index in [1.165, 1.54) is 5.56 Å². The summed E-state index contributed by atoms with van der Waals surface area (Å²) in [4.78, 5) is 15.0. The molecule has 0 bridgehead atoms. The minimum atomic E-state index is -0.525. The third-order valence-electron chi connectivity index (χ3n) is 5.33. The van der Waals surface area contributed by atoms with Gasteiger partial charge in [0.1, 0.15) is 17.9 Å². The second-order valence-corrected chi connectivity index (χ2v) is 7.85. The second kappa shape index (κ2) is 11.9. The number of esters is 1. The van der Waals surface area contributed by atoms with Gasteiger partial charge in [-0.05, 0) is 68.5 Å². The summed E-state index contributed by atoms with van der Waals surface area (Å²) in [5.41, 5.74) is 1.30. The summed E-state index contributed by atoms with van der Waals surface area (Å²) in [5.74, 6) is 0.374. The van der Waals surface area contributed by atoms with E-state index in [-0.39, 0.29) is 12.1 Å². The Morgan fingerprint density at radius 3 is 2.47 bits per heavy atom.